The topological polar surface area (TPSA) is 104 Å². The molecule has 3 aliphatic heterocycles. The molecule has 0 aliphatic carbocycles. The Labute approximate surface area is 183 Å². The largest absolute Gasteiger partial charge is 0.454 e. The Balaban J connectivity index is 1.13. The second-order valence-corrected chi connectivity index (χ2v) is 8.54. The van der Waals surface area contributed by atoms with Gasteiger partial charge >= 0.3 is 0 Å². The fraction of sp³-hybridized carbons (Fsp3) is 0.333. The van der Waals surface area contributed by atoms with Gasteiger partial charge in [-0.3, -0.25) is 19.9 Å². The van der Waals surface area contributed by atoms with Crippen LogP contribution < -0.4 is 35.9 Å². The summed E-state index contributed by atoms with van der Waals surface area (Å²) < 4.78 is 10.7. The number of nitrogens with one attached hydrogen (secondary N) is 4. The van der Waals surface area contributed by atoms with Gasteiger partial charge in [-0.25, -0.2) is 5.43 Å². The maximum Gasteiger partial charge on any atom is 0.231 e. The van der Waals surface area contributed by atoms with Gasteiger partial charge in [-0.1, -0.05) is 24.3 Å². The predicted molar refractivity (Wildman–Crippen MR) is 116 cm³/mol. The molecule has 31 heavy (non-hydrogen) atoms. The summed E-state index contributed by atoms with van der Waals surface area (Å²) in [5, 5.41) is 11.3. The van der Waals surface area contributed by atoms with Gasteiger partial charge in [0, 0.05) is 13.1 Å². The van der Waals surface area contributed by atoms with Crippen LogP contribution in [0.2, 0.25) is 0 Å². The lowest BCUT2D eigenvalue weighted by atomic mass is 10.1. The van der Waals surface area contributed by atoms with E-state index in [1.165, 1.54) is 11.8 Å². The number of carbonyl (C=O) groups excluding carboxylic acids is 2. The van der Waals surface area contributed by atoms with E-state index in [9.17, 15) is 9.59 Å². The highest BCUT2D eigenvalue weighted by atomic mass is 32.2. The Morgan fingerprint density at radius 3 is 2.87 bits per heavy atom. The Morgan fingerprint density at radius 1 is 1.16 bits per heavy atom. The third kappa shape index (κ3) is 4.27. The number of anilines is 1. The van der Waals surface area contributed by atoms with Crippen LogP contribution in [0.1, 0.15) is 5.56 Å². The van der Waals surface area contributed by atoms with Gasteiger partial charge in [0.25, 0.3) is 0 Å². The molecule has 0 bridgehead atoms. The van der Waals surface area contributed by atoms with E-state index < -0.39 is 0 Å². The van der Waals surface area contributed by atoms with Crippen LogP contribution in [0, 0.1) is 5.92 Å². The molecule has 0 radical (unpaired) electrons. The van der Waals surface area contributed by atoms with Crippen molar-refractivity contribution in [3.05, 3.63) is 54.1 Å². The predicted octanol–water partition coefficient (Wildman–Crippen LogP) is 0.735. The summed E-state index contributed by atoms with van der Waals surface area (Å²) >= 11 is 1.36. The molecule has 2 amide bonds. The van der Waals surface area contributed by atoms with Crippen molar-refractivity contribution < 1.29 is 19.1 Å². The molecule has 162 valence electrons. The molecular weight excluding hydrogens is 418 g/mol. The molecule has 3 aliphatic rings. The number of para-hydroxylation sites is 1. The number of carbonyl (C=O) groups is 2. The van der Waals surface area contributed by atoms with E-state index in [4.69, 9.17) is 9.47 Å². The number of amides is 2. The van der Waals surface area contributed by atoms with Gasteiger partial charge in [0.2, 0.25) is 18.6 Å². The molecule has 10 heteroatoms. The number of hydrogen-bond acceptors (Lipinski definition) is 8. The molecule has 3 atom stereocenters. The van der Waals surface area contributed by atoms with E-state index in [1.54, 1.807) is 0 Å². The standard InChI is InChI=1S/C21H23N5O4S/c27-18(22-9-13-6-7-16-17(8-13)30-12-29-16)11-31-21-24-19-15(20(28)25-21)10-23-26(19)14-4-2-1-3-5-14/h1-8,15,19,21,23-24H,9-12H2,(H,22,27)(H,25,28). The lowest BCUT2D eigenvalue weighted by Crippen LogP contribution is -2.63. The summed E-state index contributed by atoms with van der Waals surface area (Å²) in [6.07, 6.45) is -0.176. The fourth-order valence-corrected chi connectivity index (χ4v) is 4.69. The third-order valence-electron chi connectivity index (χ3n) is 5.42. The van der Waals surface area contributed by atoms with Gasteiger partial charge in [0.1, 0.15) is 11.7 Å². The van der Waals surface area contributed by atoms with Crippen LogP contribution in [-0.2, 0) is 16.1 Å². The highest BCUT2D eigenvalue weighted by Gasteiger charge is 2.44. The summed E-state index contributed by atoms with van der Waals surface area (Å²) in [6, 6.07) is 15.5. The third-order valence-corrected chi connectivity index (χ3v) is 6.43. The first kappa shape index (κ1) is 20.0. The molecule has 2 fully saturated rings. The van der Waals surface area contributed by atoms with E-state index in [0.29, 0.717) is 24.6 Å². The Morgan fingerprint density at radius 2 is 2.00 bits per heavy atom. The minimum atomic E-state index is -0.351. The minimum Gasteiger partial charge on any atom is -0.454 e. The average Bonchev–Trinajstić information content (AvgIpc) is 3.43. The average molecular weight is 442 g/mol. The molecule has 5 rings (SSSR count). The highest BCUT2D eigenvalue weighted by molar-refractivity contribution is 8.00. The van der Waals surface area contributed by atoms with Crippen LogP contribution in [0.25, 0.3) is 0 Å². The molecule has 3 unspecified atom stereocenters. The van der Waals surface area contributed by atoms with Crippen molar-refractivity contribution in [1.82, 2.24) is 21.4 Å². The molecule has 0 spiro atoms. The monoisotopic (exact) mass is 441 g/mol. The van der Waals surface area contributed by atoms with Crippen LogP contribution in [0.15, 0.2) is 48.5 Å². The highest BCUT2D eigenvalue weighted by Crippen LogP contribution is 2.32. The first-order chi connectivity index (χ1) is 15.2. The molecule has 9 nitrogen and oxygen atoms in total. The number of thioether (sulfide) groups is 1. The van der Waals surface area contributed by atoms with Gasteiger partial charge in [-0.2, -0.15) is 0 Å². The Hall–Kier alpha value is -2.95. The van der Waals surface area contributed by atoms with E-state index in [0.717, 1.165) is 11.3 Å². The number of hydrazine groups is 1. The van der Waals surface area contributed by atoms with Crippen LogP contribution in [0.3, 0.4) is 0 Å². The zero-order valence-electron chi connectivity index (χ0n) is 16.7. The van der Waals surface area contributed by atoms with Crippen LogP contribution >= 0.6 is 11.8 Å². The number of hydrogen-bond donors (Lipinski definition) is 4. The summed E-state index contributed by atoms with van der Waals surface area (Å²) in [4.78, 5) is 24.9. The van der Waals surface area contributed by atoms with Crippen molar-refractivity contribution in [1.29, 1.82) is 0 Å². The van der Waals surface area contributed by atoms with Gasteiger partial charge in [-0.05, 0) is 29.8 Å². The quantitative estimate of drug-likeness (QED) is 0.520. The Bertz CT molecular complexity index is 975. The molecule has 2 aromatic rings. The van der Waals surface area contributed by atoms with Crippen molar-refractivity contribution >= 4 is 29.3 Å². The number of rotatable bonds is 6. The molecule has 3 heterocycles. The van der Waals surface area contributed by atoms with Gasteiger partial charge in [-0.15, -0.1) is 11.8 Å². The van der Waals surface area contributed by atoms with Gasteiger partial charge in [0.15, 0.2) is 11.5 Å². The molecule has 2 saturated heterocycles. The second-order valence-electron chi connectivity index (χ2n) is 7.45. The maximum atomic E-state index is 12.6. The SMILES string of the molecule is O=C(CSC1NC(=O)C2CNN(c3ccccc3)C2N1)NCc1ccc2c(c1)OCO2. The number of nitrogens with zero attached hydrogens (tertiary/aromatic N) is 1. The van der Waals surface area contributed by atoms with Crippen molar-refractivity contribution in [3.63, 3.8) is 0 Å². The second kappa shape index (κ2) is 8.66. The maximum absolute atomic E-state index is 12.6. The van der Waals surface area contributed by atoms with Crippen LogP contribution in [-0.4, -0.2) is 42.6 Å². The van der Waals surface area contributed by atoms with E-state index in [1.807, 2.05) is 53.5 Å². The molecule has 0 saturated carbocycles. The molecular formula is C21H23N5O4S. The van der Waals surface area contributed by atoms with E-state index in [2.05, 4.69) is 21.4 Å². The first-order valence-corrected chi connectivity index (χ1v) is 11.1. The number of benzene rings is 2. The Kier molecular flexibility index (Phi) is 5.58. The number of fused-ring (bicyclic) bond motifs is 2. The van der Waals surface area contributed by atoms with Crippen molar-refractivity contribution in [2.75, 3.05) is 24.1 Å². The lowest BCUT2D eigenvalue weighted by Gasteiger charge is -2.37. The van der Waals surface area contributed by atoms with E-state index >= 15 is 0 Å². The van der Waals surface area contributed by atoms with Crippen LogP contribution in [0.5, 0.6) is 11.5 Å². The summed E-state index contributed by atoms with van der Waals surface area (Å²) in [5.41, 5.74) is 4.86. The van der Waals surface area contributed by atoms with E-state index in [-0.39, 0.29) is 41.9 Å². The zero-order valence-corrected chi connectivity index (χ0v) is 17.5. The van der Waals surface area contributed by atoms with Gasteiger partial charge < -0.3 is 20.1 Å². The van der Waals surface area contributed by atoms with Crippen molar-refractivity contribution in [2.24, 2.45) is 5.92 Å². The summed E-state index contributed by atoms with van der Waals surface area (Å²) in [5.74, 6) is 1.31. The van der Waals surface area contributed by atoms with Crippen molar-refractivity contribution in [3.8, 4) is 11.5 Å². The zero-order chi connectivity index (χ0) is 21.2. The van der Waals surface area contributed by atoms with Gasteiger partial charge in [0.05, 0.1) is 17.4 Å². The summed E-state index contributed by atoms with van der Waals surface area (Å²) in [7, 11) is 0. The normalized spacial score (nSPS) is 23.9. The lowest BCUT2D eigenvalue weighted by molar-refractivity contribution is -0.127. The molecule has 0 aromatic heterocycles. The van der Waals surface area contributed by atoms with Crippen molar-refractivity contribution in [2.45, 2.75) is 18.2 Å². The number of ether oxygens (including phenoxy) is 2. The molecule has 4 N–H and O–H groups in total. The smallest absolute Gasteiger partial charge is 0.231 e. The van der Waals surface area contributed by atoms with Crippen LogP contribution in [0.4, 0.5) is 5.69 Å². The first-order valence-electron chi connectivity index (χ1n) is 10.1. The summed E-state index contributed by atoms with van der Waals surface area (Å²) in [6.45, 7) is 1.18. The minimum absolute atomic E-state index is 0.0204. The fourth-order valence-electron chi connectivity index (χ4n) is 3.84. The molecule has 2 aromatic carbocycles.